The molecule has 0 aliphatic carbocycles. The quantitative estimate of drug-likeness (QED) is 0.417. The van der Waals surface area contributed by atoms with Crippen LogP contribution in [0.15, 0.2) is 60.7 Å². The molecule has 0 atom stereocenters. The number of ketones is 1. The highest BCUT2D eigenvalue weighted by molar-refractivity contribution is 6.01. The minimum Gasteiger partial charge on any atom is -0.508 e. The van der Waals surface area contributed by atoms with Crippen molar-refractivity contribution in [3.05, 3.63) is 71.9 Å². The number of hydrogen-bond acceptors (Lipinski definition) is 6. The summed E-state index contributed by atoms with van der Waals surface area (Å²) >= 11 is 0. The molecule has 2 aromatic carbocycles. The van der Waals surface area contributed by atoms with E-state index >= 15 is 0 Å². The van der Waals surface area contributed by atoms with Crippen molar-refractivity contribution in [3.8, 4) is 11.5 Å². The van der Waals surface area contributed by atoms with E-state index in [1.807, 2.05) is 30.3 Å². The van der Waals surface area contributed by atoms with Crippen LogP contribution in [-0.4, -0.2) is 33.6 Å². The van der Waals surface area contributed by atoms with Gasteiger partial charge in [0.1, 0.15) is 11.5 Å². The standard InChI is InChI=1S/C20H15NO5/c22-15-8-9-16(18(23)11-15)19(24)12-26-20(25)10-7-14-6-5-13-3-1-2-4-17(13)21-14/h1-11,22-23H,12H2/b10-7+. The van der Waals surface area contributed by atoms with E-state index in [4.69, 9.17) is 4.74 Å². The van der Waals surface area contributed by atoms with Gasteiger partial charge in [-0.15, -0.1) is 0 Å². The van der Waals surface area contributed by atoms with Crippen molar-refractivity contribution in [1.82, 2.24) is 4.98 Å². The molecule has 1 aromatic heterocycles. The molecular formula is C20H15NO5. The zero-order valence-electron chi connectivity index (χ0n) is 13.6. The Morgan fingerprint density at radius 1 is 1.04 bits per heavy atom. The van der Waals surface area contributed by atoms with E-state index in [0.29, 0.717) is 5.69 Å². The molecule has 6 heteroatoms. The Balaban J connectivity index is 1.60. The van der Waals surface area contributed by atoms with E-state index in [1.54, 1.807) is 6.07 Å². The topological polar surface area (TPSA) is 96.7 Å². The van der Waals surface area contributed by atoms with Gasteiger partial charge in [-0.25, -0.2) is 9.78 Å². The Hall–Kier alpha value is -3.67. The van der Waals surface area contributed by atoms with Crippen LogP contribution >= 0.6 is 0 Å². The molecule has 0 aliphatic heterocycles. The lowest BCUT2D eigenvalue weighted by Crippen LogP contribution is -2.12. The average Bonchev–Trinajstić information content (AvgIpc) is 2.64. The van der Waals surface area contributed by atoms with E-state index in [-0.39, 0.29) is 17.1 Å². The molecule has 0 spiro atoms. The summed E-state index contributed by atoms with van der Waals surface area (Å²) in [6.45, 7) is -0.521. The maximum Gasteiger partial charge on any atom is 0.331 e. The molecule has 0 bridgehead atoms. The summed E-state index contributed by atoms with van der Waals surface area (Å²) in [7, 11) is 0. The Bertz CT molecular complexity index is 1010. The van der Waals surface area contributed by atoms with Crippen molar-refractivity contribution < 1.29 is 24.5 Å². The Kier molecular flexibility index (Phi) is 4.94. The fraction of sp³-hybridized carbons (Fsp3) is 0.0500. The van der Waals surface area contributed by atoms with Gasteiger partial charge in [0, 0.05) is 17.5 Å². The number of esters is 1. The third-order valence-corrected chi connectivity index (χ3v) is 3.64. The second-order valence-electron chi connectivity index (χ2n) is 5.49. The fourth-order valence-corrected chi connectivity index (χ4v) is 2.35. The molecule has 0 aliphatic rings. The van der Waals surface area contributed by atoms with Crippen molar-refractivity contribution in [2.24, 2.45) is 0 Å². The van der Waals surface area contributed by atoms with Gasteiger partial charge in [0.05, 0.1) is 16.8 Å². The first kappa shape index (κ1) is 17.2. The molecule has 0 unspecified atom stereocenters. The number of nitrogens with zero attached hydrogens (tertiary/aromatic N) is 1. The number of carbonyl (C=O) groups is 2. The molecule has 0 radical (unpaired) electrons. The highest BCUT2D eigenvalue weighted by Crippen LogP contribution is 2.22. The number of hydrogen-bond donors (Lipinski definition) is 2. The summed E-state index contributed by atoms with van der Waals surface area (Å²) in [4.78, 5) is 28.1. The summed E-state index contributed by atoms with van der Waals surface area (Å²) in [5.74, 6) is -1.82. The van der Waals surface area contributed by atoms with Crippen LogP contribution in [0.25, 0.3) is 17.0 Å². The molecule has 1 heterocycles. The number of pyridine rings is 1. The lowest BCUT2D eigenvalue weighted by atomic mass is 10.1. The number of phenolic OH excluding ortho intramolecular Hbond substituents is 2. The average molecular weight is 349 g/mol. The Morgan fingerprint density at radius 2 is 1.85 bits per heavy atom. The number of rotatable bonds is 5. The number of benzene rings is 2. The summed E-state index contributed by atoms with van der Waals surface area (Å²) in [5.41, 5.74) is 1.36. The second-order valence-corrected chi connectivity index (χ2v) is 5.49. The van der Waals surface area contributed by atoms with Crippen molar-refractivity contribution in [2.75, 3.05) is 6.61 Å². The number of carbonyl (C=O) groups excluding carboxylic acids is 2. The maximum atomic E-state index is 11.9. The van der Waals surface area contributed by atoms with Gasteiger partial charge < -0.3 is 14.9 Å². The van der Waals surface area contributed by atoms with Crippen LogP contribution in [0.2, 0.25) is 0 Å². The molecule has 3 rings (SSSR count). The number of aromatic nitrogens is 1. The largest absolute Gasteiger partial charge is 0.508 e. The molecular weight excluding hydrogens is 334 g/mol. The highest BCUT2D eigenvalue weighted by atomic mass is 16.5. The van der Waals surface area contributed by atoms with E-state index < -0.39 is 18.4 Å². The van der Waals surface area contributed by atoms with Crippen LogP contribution in [0.3, 0.4) is 0 Å². The highest BCUT2D eigenvalue weighted by Gasteiger charge is 2.13. The van der Waals surface area contributed by atoms with E-state index in [0.717, 1.165) is 17.0 Å². The number of phenols is 2. The van der Waals surface area contributed by atoms with E-state index in [1.165, 1.54) is 24.3 Å². The molecule has 130 valence electrons. The first-order valence-electron chi connectivity index (χ1n) is 7.79. The maximum absolute atomic E-state index is 11.9. The van der Waals surface area contributed by atoms with Gasteiger partial charge in [-0.05, 0) is 30.3 Å². The smallest absolute Gasteiger partial charge is 0.331 e. The number of Topliss-reactive ketones (excluding diaryl/α,β-unsaturated/α-hetero) is 1. The second kappa shape index (κ2) is 7.48. The van der Waals surface area contributed by atoms with E-state index in [2.05, 4.69) is 4.98 Å². The normalized spacial score (nSPS) is 10.9. The van der Waals surface area contributed by atoms with Gasteiger partial charge in [-0.1, -0.05) is 24.3 Å². The van der Waals surface area contributed by atoms with E-state index in [9.17, 15) is 19.8 Å². The predicted octanol–water partition coefficient (Wildman–Crippen LogP) is 3.09. The lowest BCUT2D eigenvalue weighted by Gasteiger charge is -2.04. The Labute approximate surface area is 149 Å². The van der Waals surface area contributed by atoms with Gasteiger partial charge in [-0.3, -0.25) is 4.79 Å². The van der Waals surface area contributed by atoms with Gasteiger partial charge >= 0.3 is 5.97 Å². The van der Waals surface area contributed by atoms with Crippen molar-refractivity contribution in [3.63, 3.8) is 0 Å². The summed E-state index contributed by atoms with van der Waals surface area (Å²) in [6.07, 6.45) is 2.68. The van der Waals surface area contributed by atoms with Crippen molar-refractivity contribution in [2.45, 2.75) is 0 Å². The number of ether oxygens (including phenoxy) is 1. The van der Waals surface area contributed by atoms with Crippen molar-refractivity contribution >= 4 is 28.7 Å². The van der Waals surface area contributed by atoms with Gasteiger partial charge in [0.25, 0.3) is 0 Å². The van der Waals surface area contributed by atoms with Gasteiger partial charge in [0.15, 0.2) is 6.61 Å². The van der Waals surface area contributed by atoms with Crippen LogP contribution in [0.4, 0.5) is 0 Å². The lowest BCUT2D eigenvalue weighted by molar-refractivity contribution is -0.136. The molecule has 0 saturated carbocycles. The number of aromatic hydroxyl groups is 2. The number of para-hydroxylation sites is 1. The van der Waals surface area contributed by atoms with Crippen LogP contribution < -0.4 is 0 Å². The van der Waals surface area contributed by atoms with Gasteiger partial charge in [0.2, 0.25) is 5.78 Å². The van der Waals surface area contributed by atoms with Crippen LogP contribution in [0, 0.1) is 0 Å². The summed E-state index contributed by atoms with van der Waals surface area (Å²) in [5, 5.41) is 19.8. The summed E-state index contributed by atoms with van der Waals surface area (Å²) in [6, 6.07) is 14.8. The zero-order chi connectivity index (χ0) is 18.5. The van der Waals surface area contributed by atoms with Crippen molar-refractivity contribution in [1.29, 1.82) is 0 Å². The predicted molar refractivity (Wildman–Crippen MR) is 95.8 cm³/mol. The third-order valence-electron chi connectivity index (χ3n) is 3.64. The molecule has 2 N–H and O–H groups in total. The SMILES string of the molecule is O=C(/C=C/c1ccc2ccccc2n1)OCC(=O)c1ccc(O)cc1O. The fourth-order valence-electron chi connectivity index (χ4n) is 2.35. The van der Waals surface area contributed by atoms with Crippen LogP contribution in [0.5, 0.6) is 11.5 Å². The first-order valence-corrected chi connectivity index (χ1v) is 7.79. The molecule has 6 nitrogen and oxygen atoms in total. The molecule has 0 amide bonds. The minimum absolute atomic E-state index is 0.0317. The summed E-state index contributed by atoms with van der Waals surface area (Å²) < 4.78 is 4.88. The molecule has 0 fully saturated rings. The molecule has 26 heavy (non-hydrogen) atoms. The molecule has 0 saturated heterocycles. The van der Waals surface area contributed by atoms with Crippen LogP contribution in [-0.2, 0) is 9.53 Å². The number of fused-ring (bicyclic) bond motifs is 1. The Morgan fingerprint density at radius 3 is 2.65 bits per heavy atom. The first-order chi connectivity index (χ1) is 12.5. The third kappa shape index (κ3) is 4.05. The zero-order valence-corrected chi connectivity index (χ0v) is 13.6. The molecule has 3 aromatic rings. The monoisotopic (exact) mass is 349 g/mol. The minimum atomic E-state index is -0.702. The van der Waals surface area contributed by atoms with Crippen LogP contribution in [0.1, 0.15) is 16.1 Å². The van der Waals surface area contributed by atoms with Gasteiger partial charge in [-0.2, -0.15) is 0 Å².